The molecule has 0 nitrogen and oxygen atoms in total. The van der Waals surface area contributed by atoms with E-state index in [2.05, 4.69) is 318 Å². The molecule has 0 spiro atoms. The van der Waals surface area contributed by atoms with Crippen LogP contribution in [0.3, 0.4) is 0 Å². The summed E-state index contributed by atoms with van der Waals surface area (Å²) < 4.78 is 30.4. The fourth-order valence-corrected chi connectivity index (χ4v) is 11.1. The fraction of sp³-hybridized carbons (Fsp3) is 0.566. The van der Waals surface area contributed by atoms with Gasteiger partial charge in [0.2, 0.25) is 0 Å². The maximum absolute atomic E-state index is 8.09. The van der Waals surface area contributed by atoms with E-state index in [1.807, 2.05) is 33.8 Å². The molecule has 0 atom stereocenters. The summed E-state index contributed by atoms with van der Waals surface area (Å²) in [6.45, 7) is 75.7. The van der Waals surface area contributed by atoms with Gasteiger partial charge in [-0.3, -0.25) is 0 Å². The Hall–Kier alpha value is -4.68. The summed E-state index contributed by atoms with van der Waals surface area (Å²) >= 11 is 0. The molecule has 0 amide bonds. The van der Waals surface area contributed by atoms with Crippen molar-refractivity contribution in [1.82, 2.24) is 0 Å². The molecule has 0 bridgehead atoms. The minimum absolute atomic E-state index is 0.0570. The van der Waals surface area contributed by atoms with Crippen LogP contribution in [0.25, 0.3) is 0 Å². The second-order valence-electron chi connectivity index (χ2n) is 33.6. The quantitative estimate of drug-likeness (QED) is 0.162. The number of hydrogen-bond donors (Lipinski definition) is 0. The largest absolute Gasteiger partial charge is 0.0620 e. The van der Waals surface area contributed by atoms with E-state index in [0.717, 1.165) is 16.7 Å². The summed E-state index contributed by atoms with van der Waals surface area (Å²) in [5, 5.41) is 0. The summed E-state index contributed by atoms with van der Waals surface area (Å²) in [4.78, 5) is 0. The van der Waals surface area contributed by atoms with Gasteiger partial charge in [0.25, 0.3) is 0 Å². The molecule has 0 aliphatic carbocycles. The smallest absolute Gasteiger partial charge is 0.0347 e. The SMILES string of the molecule is CC(C)(C)c1cc(C(C)(C)C)cc(C(C)(C)C)c1.CC(C)(C)c1ccccc1C(C)(C)C.CC(C)c1ccccc1C(C)(C)C.Cc1cccc(C)c1C(C)(C)C.[2H]C(C)(C)c1ccccc1C(C)(C)C.[2H]C([2H])([2H])c1cc(C)c(C(C)(C)C)c(C)c1. The second kappa shape index (κ2) is 29.6. The van der Waals surface area contributed by atoms with Crippen LogP contribution < -0.4 is 0 Å². The molecule has 0 radical (unpaired) electrons. The normalized spacial score (nSPS) is 13.5. The minimum Gasteiger partial charge on any atom is -0.0620 e. The van der Waals surface area contributed by atoms with Crippen molar-refractivity contribution >= 4 is 0 Å². The maximum atomic E-state index is 8.09. The van der Waals surface area contributed by atoms with E-state index in [-0.39, 0.29) is 48.7 Å². The lowest BCUT2D eigenvalue weighted by Crippen LogP contribution is -2.21. The highest BCUT2D eigenvalue weighted by atomic mass is 14.3. The third-order valence-corrected chi connectivity index (χ3v) is 15.3. The van der Waals surface area contributed by atoms with E-state index in [0.29, 0.717) is 11.5 Å². The summed E-state index contributed by atoms with van der Waals surface area (Å²) in [5.74, 6) is 0.111. The zero-order valence-corrected chi connectivity index (χ0v) is 60.6. The Morgan fingerprint density at radius 1 is 0.289 bits per heavy atom. The molecule has 0 aromatic heterocycles. The van der Waals surface area contributed by atoms with E-state index >= 15 is 0 Å². The molecule has 0 aliphatic heterocycles. The van der Waals surface area contributed by atoms with Crippen LogP contribution in [0, 0.1) is 34.5 Å². The molecule has 0 unspecified atom stereocenters. The van der Waals surface area contributed by atoms with Crippen LogP contribution in [0.2, 0.25) is 0 Å². The highest BCUT2D eigenvalue weighted by molar-refractivity contribution is 5.43. The van der Waals surface area contributed by atoms with Crippen LogP contribution in [-0.4, -0.2) is 0 Å². The Kier molecular flexibility index (Phi) is 24.7. The van der Waals surface area contributed by atoms with Gasteiger partial charge in [-0.1, -0.05) is 342 Å². The van der Waals surface area contributed by atoms with Crippen molar-refractivity contribution in [2.45, 2.75) is 310 Å². The molecule has 0 fully saturated rings. The molecule has 0 aliphatic rings. The molecule has 6 aromatic carbocycles. The first-order valence-corrected chi connectivity index (χ1v) is 31.3. The molecule has 83 heavy (non-hydrogen) atoms. The molecule has 6 rings (SSSR count). The van der Waals surface area contributed by atoms with Crippen molar-refractivity contribution in [2.75, 3.05) is 0 Å². The molecular weight excluding hydrogens is 997 g/mol. The van der Waals surface area contributed by atoms with Crippen LogP contribution in [0.15, 0.2) is 121 Å². The van der Waals surface area contributed by atoms with Gasteiger partial charge >= 0.3 is 0 Å². The fourth-order valence-electron chi connectivity index (χ4n) is 11.1. The van der Waals surface area contributed by atoms with Crippen LogP contribution in [0.4, 0.5) is 0 Å². The van der Waals surface area contributed by atoms with Gasteiger partial charge in [0.15, 0.2) is 0 Å². The summed E-state index contributed by atoms with van der Waals surface area (Å²) in [6.07, 6.45) is 0. The maximum Gasteiger partial charge on any atom is 0.0347 e. The van der Waals surface area contributed by atoms with Crippen molar-refractivity contribution in [3.63, 3.8) is 0 Å². The van der Waals surface area contributed by atoms with Crippen molar-refractivity contribution in [2.24, 2.45) is 0 Å². The Bertz CT molecular complexity index is 2820. The summed E-state index contributed by atoms with van der Waals surface area (Å²) in [6, 6.07) is 43.0. The van der Waals surface area contributed by atoms with Gasteiger partial charge in [-0.15, -0.1) is 0 Å². The third kappa shape index (κ3) is 25.1. The van der Waals surface area contributed by atoms with Gasteiger partial charge in [0, 0.05) is 5.48 Å². The van der Waals surface area contributed by atoms with Crippen molar-refractivity contribution in [3.8, 4) is 0 Å². The predicted octanol–water partition coefficient (Wildman–Crippen LogP) is 25.6. The molecule has 462 valence electrons. The molecule has 0 saturated heterocycles. The second-order valence-corrected chi connectivity index (χ2v) is 33.6. The number of rotatable bonds is 2. The van der Waals surface area contributed by atoms with Crippen LogP contribution in [-0.2, 0) is 48.7 Å². The van der Waals surface area contributed by atoms with Gasteiger partial charge in [-0.25, -0.2) is 0 Å². The number of benzene rings is 6. The third-order valence-electron chi connectivity index (χ3n) is 15.3. The predicted molar refractivity (Wildman–Crippen MR) is 379 cm³/mol. The standard InChI is InChI=1S/C18H30.C14H22.3C13H20.C12H18/c1-16(2,3)13-10-14(17(4,5)6)12-15(11-13)18(7,8)9;1-13(2,3)11-9-7-8-10-12(11)14(4,5)6;1-9-7-10(2)12(11(3)8-9)13(4,5)6;2*1-10(2)11-8-6-7-9-12(11)13(3,4)5;1-9-7-6-8-10(2)11(9)12(3,4)5/h10-12H,1-9H3;7-10H,1-6H3;7-8H,1-6H3;2*6-10H,1-5H3;6-8H,1-5H3/i;;1D3;10D;;. The first-order chi connectivity index (χ1) is 38.7. The minimum atomic E-state index is -2.01. The van der Waals surface area contributed by atoms with E-state index < -0.39 is 12.7 Å². The molecule has 0 heterocycles. The van der Waals surface area contributed by atoms with Gasteiger partial charge in [-0.2, -0.15) is 0 Å². The molecule has 0 N–H and O–H groups in total. The van der Waals surface area contributed by atoms with Crippen LogP contribution >= 0.6 is 0 Å². The Labute approximate surface area is 523 Å². The van der Waals surface area contributed by atoms with Gasteiger partial charge < -0.3 is 0 Å². The van der Waals surface area contributed by atoms with Gasteiger partial charge in [-0.05, 0) is 179 Å². The Morgan fingerprint density at radius 3 is 0.771 bits per heavy atom. The van der Waals surface area contributed by atoms with Crippen molar-refractivity contribution in [1.29, 1.82) is 0 Å². The Morgan fingerprint density at radius 2 is 0.554 bits per heavy atom. The van der Waals surface area contributed by atoms with Crippen molar-refractivity contribution < 1.29 is 5.48 Å². The molecule has 0 saturated carbocycles. The highest BCUT2D eigenvalue weighted by Gasteiger charge is 2.27. The van der Waals surface area contributed by atoms with E-state index in [1.165, 1.54) is 66.8 Å². The lowest BCUT2D eigenvalue weighted by molar-refractivity contribution is 0.530. The van der Waals surface area contributed by atoms with Crippen LogP contribution in [0.5, 0.6) is 0 Å². The highest BCUT2D eigenvalue weighted by Crippen LogP contribution is 2.37. The lowest BCUT2D eigenvalue weighted by Gasteiger charge is -2.29. The van der Waals surface area contributed by atoms with Crippen LogP contribution in [0.1, 0.15) is 321 Å². The average molecular weight is 1130 g/mol. The number of hydrogen-bond acceptors (Lipinski definition) is 0. The average Bonchev–Trinajstić information content (AvgIpc) is 3.31. The topological polar surface area (TPSA) is 0 Å². The van der Waals surface area contributed by atoms with E-state index in [1.54, 1.807) is 12.1 Å². The molecule has 6 aromatic rings. The van der Waals surface area contributed by atoms with E-state index in [9.17, 15) is 0 Å². The van der Waals surface area contributed by atoms with Crippen molar-refractivity contribution in [3.05, 3.63) is 210 Å². The monoisotopic (exact) mass is 1130 g/mol. The Balaban J connectivity index is 0.000000524. The molecule has 0 heteroatoms. The number of aryl methyl sites for hydroxylation is 5. The lowest BCUT2D eigenvalue weighted by atomic mass is 9.75. The zero-order chi connectivity index (χ0) is 68.5. The first-order valence-electron chi connectivity index (χ1n) is 33.3. The molecular formula is C83H130. The zero-order valence-electron chi connectivity index (χ0n) is 64.6. The van der Waals surface area contributed by atoms with Gasteiger partial charge in [0.05, 0.1) is 0 Å². The summed E-state index contributed by atoms with van der Waals surface area (Å²) in [5.41, 5.74) is 22.6. The summed E-state index contributed by atoms with van der Waals surface area (Å²) in [7, 11) is 0. The van der Waals surface area contributed by atoms with Gasteiger partial charge in [0.1, 0.15) is 0 Å². The first kappa shape index (κ1) is 69.1. The van der Waals surface area contributed by atoms with E-state index in [4.69, 9.17) is 5.48 Å².